The molecule has 3 aromatic rings. The maximum atomic E-state index is 12.3. The summed E-state index contributed by atoms with van der Waals surface area (Å²) in [5.41, 5.74) is 0.692. The number of hydrogen-bond acceptors (Lipinski definition) is 7. The fourth-order valence-electron chi connectivity index (χ4n) is 2.52. The monoisotopic (exact) mass is 370 g/mol. The number of hydrogen-bond donors (Lipinski definition) is 1. The number of carbonyl (C=O) groups excluding carboxylic acids is 1. The molecule has 3 heterocycles. The molecular formula is C18H18N4O5. The van der Waals surface area contributed by atoms with Crippen molar-refractivity contribution in [1.82, 2.24) is 20.0 Å². The quantitative estimate of drug-likeness (QED) is 0.672. The lowest BCUT2D eigenvalue weighted by molar-refractivity contribution is -0.130. The molecule has 1 N–H and O–H groups in total. The van der Waals surface area contributed by atoms with Crippen molar-refractivity contribution < 1.29 is 23.6 Å². The van der Waals surface area contributed by atoms with Gasteiger partial charge in [0, 0.05) is 26.1 Å². The van der Waals surface area contributed by atoms with Crippen LogP contribution in [0.4, 0.5) is 0 Å². The number of nitrogens with zero attached hydrogens (tertiary/aromatic N) is 4. The highest BCUT2D eigenvalue weighted by Crippen LogP contribution is 2.17. The van der Waals surface area contributed by atoms with Gasteiger partial charge in [-0.1, -0.05) is 11.2 Å². The van der Waals surface area contributed by atoms with E-state index in [0.717, 1.165) is 0 Å². The summed E-state index contributed by atoms with van der Waals surface area (Å²) < 4.78 is 10.5. The first-order valence-corrected chi connectivity index (χ1v) is 8.24. The maximum absolute atomic E-state index is 12.3. The van der Waals surface area contributed by atoms with Gasteiger partial charge in [0.1, 0.15) is 22.8 Å². The molecular weight excluding hydrogens is 352 g/mol. The minimum atomic E-state index is -1.06. The minimum absolute atomic E-state index is 0.0961. The molecule has 1 amide bonds. The zero-order valence-electron chi connectivity index (χ0n) is 14.9. The van der Waals surface area contributed by atoms with Crippen molar-refractivity contribution in [2.24, 2.45) is 0 Å². The lowest BCUT2D eigenvalue weighted by Gasteiger charge is -2.14. The van der Waals surface area contributed by atoms with Gasteiger partial charge in [-0.25, -0.2) is 4.79 Å². The predicted octanol–water partition coefficient (Wildman–Crippen LogP) is 2.32. The smallest absolute Gasteiger partial charge is 0.339 e. The van der Waals surface area contributed by atoms with E-state index in [1.807, 2.05) is 6.07 Å². The second-order valence-electron chi connectivity index (χ2n) is 5.96. The van der Waals surface area contributed by atoms with Crippen LogP contribution in [0, 0.1) is 6.92 Å². The minimum Gasteiger partial charge on any atom is -0.478 e. The molecule has 0 radical (unpaired) electrons. The third-order valence-electron chi connectivity index (χ3n) is 3.93. The van der Waals surface area contributed by atoms with Gasteiger partial charge < -0.3 is 18.9 Å². The van der Waals surface area contributed by atoms with Gasteiger partial charge in [-0.2, -0.15) is 4.98 Å². The summed E-state index contributed by atoms with van der Waals surface area (Å²) in [4.78, 5) is 33.2. The first-order chi connectivity index (χ1) is 12.9. The molecule has 0 saturated carbocycles. The van der Waals surface area contributed by atoms with E-state index in [1.54, 1.807) is 32.3 Å². The number of rotatable bonds is 7. The average Bonchev–Trinajstić information content (AvgIpc) is 3.27. The Morgan fingerprint density at radius 1 is 1.30 bits per heavy atom. The van der Waals surface area contributed by atoms with E-state index in [4.69, 9.17) is 14.0 Å². The van der Waals surface area contributed by atoms with Gasteiger partial charge in [0.2, 0.25) is 17.6 Å². The predicted molar refractivity (Wildman–Crippen MR) is 92.7 cm³/mol. The summed E-state index contributed by atoms with van der Waals surface area (Å²) in [5, 5.41) is 12.9. The number of furan rings is 1. The molecule has 3 rings (SSSR count). The molecule has 0 fully saturated rings. The molecule has 0 saturated heterocycles. The number of carboxylic acids is 1. The Hall–Kier alpha value is -3.49. The highest BCUT2D eigenvalue weighted by atomic mass is 16.5. The highest BCUT2D eigenvalue weighted by molar-refractivity contribution is 5.88. The van der Waals surface area contributed by atoms with Crippen LogP contribution in [0.3, 0.4) is 0 Å². The van der Waals surface area contributed by atoms with Crippen molar-refractivity contribution in [3.63, 3.8) is 0 Å². The lowest BCUT2D eigenvalue weighted by Crippen LogP contribution is -2.26. The van der Waals surface area contributed by atoms with E-state index < -0.39 is 5.97 Å². The summed E-state index contributed by atoms with van der Waals surface area (Å²) in [6.45, 7) is 1.75. The van der Waals surface area contributed by atoms with Crippen molar-refractivity contribution in [2.75, 3.05) is 7.05 Å². The van der Waals surface area contributed by atoms with Gasteiger partial charge in [-0.15, -0.1) is 0 Å². The molecule has 0 aliphatic rings. The molecule has 0 spiro atoms. The van der Waals surface area contributed by atoms with Crippen LogP contribution in [0.25, 0.3) is 11.5 Å². The van der Waals surface area contributed by atoms with Crippen molar-refractivity contribution in [1.29, 1.82) is 0 Å². The number of aromatic nitrogens is 3. The van der Waals surface area contributed by atoms with E-state index in [-0.39, 0.29) is 24.4 Å². The Labute approximate surface area is 154 Å². The van der Waals surface area contributed by atoms with Gasteiger partial charge in [-0.05, 0) is 25.1 Å². The van der Waals surface area contributed by atoms with Gasteiger partial charge in [-0.3, -0.25) is 9.78 Å². The normalized spacial score (nSPS) is 10.7. The van der Waals surface area contributed by atoms with E-state index in [1.165, 1.54) is 11.0 Å². The average molecular weight is 370 g/mol. The number of pyridine rings is 1. The Kier molecular flexibility index (Phi) is 5.30. The van der Waals surface area contributed by atoms with Crippen LogP contribution in [-0.2, 0) is 17.8 Å². The van der Waals surface area contributed by atoms with Gasteiger partial charge in [0.05, 0.1) is 6.54 Å². The fraction of sp³-hybridized carbons (Fsp3) is 0.278. The first kappa shape index (κ1) is 18.3. The Morgan fingerprint density at radius 2 is 2.11 bits per heavy atom. The standard InChI is InChI=1S/C18H18N4O5/c1-11-13(18(24)25)9-12(26-11)10-22(2)16(23)7-6-15-20-17(21-27-15)14-5-3-4-8-19-14/h3-5,8-9H,6-7,10H2,1-2H3,(H,24,25). The second kappa shape index (κ2) is 7.81. The molecule has 0 bridgehead atoms. The SMILES string of the molecule is Cc1oc(CN(C)C(=O)CCc2nc(-c3ccccn3)no2)cc1C(=O)O. The van der Waals surface area contributed by atoms with Crippen LogP contribution in [-0.4, -0.2) is 44.1 Å². The second-order valence-corrected chi connectivity index (χ2v) is 5.96. The number of amides is 1. The molecule has 9 heteroatoms. The Bertz CT molecular complexity index is 948. The molecule has 27 heavy (non-hydrogen) atoms. The summed E-state index contributed by atoms with van der Waals surface area (Å²) >= 11 is 0. The molecule has 0 unspecified atom stereocenters. The number of carboxylic acid groups (broad SMARTS) is 1. The van der Waals surface area contributed by atoms with E-state index in [9.17, 15) is 9.59 Å². The molecule has 0 atom stereocenters. The summed E-state index contributed by atoms with van der Waals surface area (Å²) in [7, 11) is 1.62. The van der Waals surface area contributed by atoms with Gasteiger partial charge >= 0.3 is 5.97 Å². The molecule has 0 aromatic carbocycles. The van der Waals surface area contributed by atoms with Crippen molar-refractivity contribution in [3.05, 3.63) is 53.4 Å². The number of aryl methyl sites for hydroxylation is 2. The van der Waals surface area contributed by atoms with Crippen LogP contribution in [0.5, 0.6) is 0 Å². The van der Waals surface area contributed by atoms with E-state index in [0.29, 0.717) is 35.4 Å². The van der Waals surface area contributed by atoms with Crippen LogP contribution in [0.1, 0.15) is 34.2 Å². The number of aromatic carboxylic acids is 1. The Balaban J connectivity index is 1.55. The van der Waals surface area contributed by atoms with Crippen LogP contribution >= 0.6 is 0 Å². The molecule has 3 aromatic heterocycles. The third-order valence-corrected chi connectivity index (χ3v) is 3.93. The van der Waals surface area contributed by atoms with Crippen LogP contribution < -0.4 is 0 Å². The zero-order valence-corrected chi connectivity index (χ0v) is 14.9. The first-order valence-electron chi connectivity index (χ1n) is 8.24. The zero-order chi connectivity index (χ0) is 19.4. The molecule has 0 aliphatic carbocycles. The van der Waals surface area contributed by atoms with Crippen molar-refractivity contribution in [3.8, 4) is 11.5 Å². The summed E-state index contributed by atoms with van der Waals surface area (Å²) in [6.07, 6.45) is 2.10. The van der Waals surface area contributed by atoms with Crippen LogP contribution in [0.2, 0.25) is 0 Å². The third kappa shape index (κ3) is 4.38. The van der Waals surface area contributed by atoms with Crippen molar-refractivity contribution >= 4 is 11.9 Å². The van der Waals surface area contributed by atoms with Crippen molar-refractivity contribution in [2.45, 2.75) is 26.3 Å². The highest BCUT2D eigenvalue weighted by Gasteiger charge is 2.18. The molecule has 140 valence electrons. The Morgan fingerprint density at radius 3 is 2.78 bits per heavy atom. The largest absolute Gasteiger partial charge is 0.478 e. The van der Waals surface area contributed by atoms with Crippen LogP contribution in [0.15, 0.2) is 39.4 Å². The molecule has 0 aliphatic heterocycles. The maximum Gasteiger partial charge on any atom is 0.339 e. The summed E-state index contributed by atoms with van der Waals surface area (Å²) in [5.74, 6) is 0.232. The van der Waals surface area contributed by atoms with Gasteiger partial charge in [0.25, 0.3) is 0 Å². The topological polar surface area (TPSA) is 123 Å². The van der Waals surface area contributed by atoms with E-state index >= 15 is 0 Å². The van der Waals surface area contributed by atoms with E-state index in [2.05, 4.69) is 15.1 Å². The van der Waals surface area contributed by atoms with Gasteiger partial charge in [0.15, 0.2) is 0 Å². The summed E-state index contributed by atoms with van der Waals surface area (Å²) in [6, 6.07) is 6.81. The lowest BCUT2D eigenvalue weighted by atomic mass is 10.2. The number of carbonyl (C=O) groups is 2. The molecule has 9 nitrogen and oxygen atoms in total. The fourth-order valence-corrected chi connectivity index (χ4v) is 2.52.